The van der Waals surface area contributed by atoms with Gasteiger partial charge < -0.3 is 10.4 Å². The van der Waals surface area contributed by atoms with Crippen molar-refractivity contribution in [3.05, 3.63) is 35.9 Å². The first-order chi connectivity index (χ1) is 10.6. The molecule has 3 aromatic heterocycles. The Kier molecular flexibility index (Phi) is 3.72. The number of aliphatic hydroxyl groups excluding tert-OH is 1. The van der Waals surface area contributed by atoms with Crippen LogP contribution in [0.1, 0.15) is 35.9 Å². The van der Waals surface area contributed by atoms with Gasteiger partial charge in [0.15, 0.2) is 17.0 Å². The van der Waals surface area contributed by atoms with Crippen LogP contribution in [-0.2, 0) is 0 Å². The standard InChI is InChI=1S/C15H17N5O2/c1-9(2)13-12(15(22)17-6-7-21)19-11-8-18-10-4-3-5-16-14(10)20(11)13/h3-5,8-9,21H,6-7H2,1-2H3,(H,17,22). The maximum atomic E-state index is 12.3. The molecule has 7 heteroatoms. The number of aliphatic hydroxyl groups is 1. The SMILES string of the molecule is CC(C)c1c(C(=O)NCCO)nc2cnc3cccnc3n12. The minimum atomic E-state index is -0.300. The predicted octanol–water partition coefficient (Wildman–Crippen LogP) is 1.12. The van der Waals surface area contributed by atoms with Gasteiger partial charge in [-0.2, -0.15) is 0 Å². The van der Waals surface area contributed by atoms with Gasteiger partial charge in [0, 0.05) is 12.7 Å². The molecule has 3 aromatic rings. The molecular weight excluding hydrogens is 282 g/mol. The number of nitrogens with one attached hydrogen (secondary N) is 1. The van der Waals surface area contributed by atoms with Crippen LogP contribution in [0.2, 0.25) is 0 Å². The molecule has 7 nitrogen and oxygen atoms in total. The van der Waals surface area contributed by atoms with Crippen molar-refractivity contribution in [2.45, 2.75) is 19.8 Å². The third-order valence-corrected chi connectivity index (χ3v) is 3.40. The van der Waals surface area contributed by atoms with Crippen molar-refractivity contribution in [1.29, 1.82) is 0 Å². The zero-order valence-corrected chi connectivity index (χ0v) is 12.4. The third-order valence-electron chi connectivity index (χ3n) is 3.40. The van der Waals surface area contributed by atoms with E-state index in [9.17, 15) is 4.79 Å². The van der Waals surface area contributed by atoms with Gasteiger partial charge in [-0.3, -0.25) is 9.20 Å². The number of hydrogen-bond donors (Lipinski definition) is 2. The lowest BCUT2D eigenvalue weighted by Crippen LogP contribution is -2.27. The molecule has 0 fully saturated rings. The summed E-state index contributed by atoms with van der Waals surface area (Å²) in [7, 11) is 0. The number of hydrogen-bond acceptors (Lipinski definition) is 5. The predicted molar refractivity (Wildman–Crippen MR) is 81.8 cm³/mol. The number of carbonyl (C=O) groups excluding carboxylic acids is 1. The van der Waals surface area contributed by atoms with Gasteiger partial charge >= 0.3 is 0 Å². The monoisotopic (exact) mass is 299 g/mol. The molecule has 0 spiro atoms. The van der Waals surface area contributed by atoms with Crippen molar-refractivity contribution in [1.82, 2.24) is 24.7 Å². The summed E-state index contributed by atoms with van der Waals surface area (Å²) < 4.78 is 1.88. The van der Waals surface area contributed by atoms with Crippen LogP contribution in [0, 0.1) is 0 Å². The maximum Gasteiger partial charge on any atom is 0.271 e. The van der Waals surface area contributed by atoms with Gasteiger partial charge in [0.05, 0.1) is 18.5 Å². The van der Waals surface area contributed by atoms with E-state index in [1.54, 1.807) is 12.4 Å². The number of fused-ring (bicyclic) bond motifs is 3. The Labute approximate surface area is 127 Å². The first-order valence-corrected chi connectivity index (χ1v) is 7.14. The van der Waals surface area contributed by atoms with Crippen molar-refractivity contribution in [2.75, 3.05) is 13.2 Å². The number of carbonyl (C=O) groups is 1. The average Bonchev–Trinajstić information content (AvgIpc) is 2.92. The highest BCUT2D eigenvalue weighted by Gasteiger charge is 2.22. The number of aromatic nitrogens is 4. The summed E-state index contributed by atoms with van der Waals surface area (Å²) in [5.74, 6) is -0.219. The van der Waals surface area contributed by atoms with Crippen LogP contribution >= 0.6 is 0 Å². The Morgan fingerprint density at radius 3 is 2.95 bits per heavy atom. The van der Waals surface area contributed by atoms with E-state index in [0.717, 1.165) is 11.2 Å². The first kappa shape index (κ1) is 14.4. The number of nitrogens with zero attached hydrogens (tertiary/aromatic N) is 4. The quantitative estimate of drug-likeness (QED) is 0.753. The summed E-state index contributed by atoms with van der Waals surface area (Å²) >= 11 is 0. The average molecular weight is 299 g/mol. The Morgan fingerprint density at radius 2 is 2.23 bits per heavy atom. The lowest BCUT2D eigenvalue weighted by Gasteiger charge is -2.09. The number of amides is 1. The lowest BCUT2D eigenvalue weighted by atomic mass is 10.1. The topological polar surface area (TPSA) is 92.4 Å². The van der Waals surface area contributed by atoms with Crippen LogP contribution in [0.5, 0.6) is 0 Å². The highest BCUT2D eigenvalue weighted by molar-refractivity contribution is 5.95. The van der Waals surface area contributed by atoms with E-state index in [1.807, 2.05) is 30.4 Å². The smallest absolute Gasteiger partial charge is 0.271 e. The van der Waals surface area contributed by atoms with Crippen molar-refractivity contribution >= 4 is 22.7 Å². The second-order valence-corrected chi connectivity index (χ2v) is 5.28. The molecule has 0 aliphatic carbocycles. The Balaban J connectivity index is 2.28. The summed E-state index contributed by atoms with van der Waals surface area (Å²) in [5.41, 5.74) is 3.15. The van der Waals surface area contributed by atoms with Crippen LogP contribution in [0.4, 0.5) is 0 Å². The fraction of sp³-hybridized carbons (Fsp3) is 0.333. The molecule has 0 radical (unpaired) electrons. The molecular formula is C15H17N5O2. The number of pyridine rings is 1. The minimum absolute atomic E-state index is 0.0810. The molecule has 22 heavy (non-hydrogen) atoms. The molecule has 0 aliphatic rings. The zero-order valence-electron chi connectivity index (χ0n) is 12.4. The Morgan fingerprint density at radius 1 is 1.41 bits per heavy atom. The molecule has 0 atom stereocenters. The van der Waals surface area contributed by atoms with Crippen LogP contribution in [-0.4, -0.2) is 43.5 Å². The fourth-order valence-electron chi connectivity index (χ4n) is 2.50. The first-order valence-electron chi connectivity index (χ1n) is 7.14. The van der Waals surface area contributed by atoms with E-state index < -0.39 is 0 Å². The van der Waals surface area contributed by atoms with Gasteiger partial charge in [-0.15, -0.1) is 0 Å². The molecule has 3 heterocycles. The van der Waals surface area contributed by atoms with E-state index in [-0.39, 0.29) is 25.0 Å². The van der Waals surface area contributed by atoms with E-state index >= 15 is 0 Å². The Bertz CT molecular complexity index is 840. The third kappa shape index (κ3) is 2.29. The molecule has 0 bridgehead atoms. The highest BCUT2D eigenvalue weighted by atomic mass is 16.3. The van der Waals surface area contributed by atoms with E-state index in [4.69, 9.17) is 5.11 Å². The van der Waals surface area contributed by atoms with Crippen LogP contribution in [0.3, 0.4) is 0 Å². The number of rotatable bonds is 4. The van der Waals surface area contributed by atoms with Crippen molar-refractivity contribution in [3.8, 4) is 0 Å². The number of imidazole rings is 1. The molecule has 0 saturated heterocycles. The van der Waals surface area contributed by atoms with Crippen molar-refractivity contribution in [3.63, 3.8) is 0 Å². The maximum absolute atomic E-state index is 12.3. The second kappa shape index (κ2) is 5.69. The van der Waals surface area contributed by atoms with Crippen molar-refractivity contribution in [2.24, 2.45) is 0 Å². The summed E-state index contributed by atoms with van der Waals surface area (Å²) in [6.45, 7) is 4.09. The van der Waals surface area contributed by atoms with Crippen LogP contribution in [0.25, 0.3) is 16.8 Å². The van der Waals surface area contributed by atoms with Gasteiger partial charge in [-0.05, 0) is 18.1 Å². The molecule has 0 saturated carbocycles. The van der Waals surface area contributed by atoms with Gasteiger partial charge in [0.1, 0.15) is 5.52 Å². The largest absolute Gasteiger partial charge is 0.395 e. The van der Waals surface area contributed by atoms with Crippen LogP contribution in [0.15, 0.2) is 24.5 Å². The fourth-order valence-corrected chi connectivity index (χ4v) is 2.50. The molecule has 3 rings (SSSR count). The molecule has 2 N–H and O–H groups in total. The normalized spacial score (nSPS) is 11.5. The lowest BCUT2D eigenvalue weighted by molar-refractivity contribution is 0.0939. The summed E-state index contributed by atoms with van der Waals surface area (Å²) in [5, 5.41) is 11.5. The minimum Gasteiger partial charge on any atom is -0.395 e. The van der Waals surface area contributed by atoms with Crippen molar-refractivity contribution < 1.29 is 9.90 Å². The van der Waals surface area contributed by atoms with Gasteiger partial charge in [-0.25, -0.2) is 15.0 Å². The van der Waals surface area contributed by atoms with E-state index in [1.165, 1.54) is 0 Å². The zero-order chi connectivity index (χ0) is 15.7. The van der Waals surface area contributed by atoms with E-state index in [2.05, 4.69) is 20.3 Å². The Hall–Kier alpha value is -2.54. The van der Waals surface area contributed by atoms with Crippen LogP contribution < -0.4 is 5.32 Å². The second-order valence-electron chi connectivity index (χ2n) is 5.28. The molecule has 0 aromatic carbocycles. The van der Waals surface area contributed by atoms with Gasteiger partial charge in [0.25, 0.3) is 5.91 Å². The molecule has 1 amide bonds. The summed E-state index contributed by atoms with van der Waals surface area (Å²) in [4.78, 5) is 25.4. The molecule has 0 aliphatic heterocycles. The highest BCUT2D eigenvalue weighted by Crippen LogP contribution is 2.24. The van der Waals surface area contributed by atoms with Gasteiger partial charge in [-0.1, -0.05) is 13.8 Å². The summed E-state index contributed by atoms with van der Waals surface area (Å²) in [6.07, 6.45) is 3.33. The van der Waals surface area contributed by atoms with E-state index in [0.29, 0.717) is 17.0 Å². The summed E-state index contributed by atoms with van der Waals surface area (Å²) in [6, 6.07) is 3.69. The molecule has 0 unspecified atom stereocenters. The molecule has 114 valence electrons. The van der Waals surface area contributed by atoms with Gasteiger partial charge in [0.2, 0.25) is 0 Å².